The summed E-state index contributed by atoms with van der Waals surface area (Å²) in [5.41, 5.74) is 26.9. The minimum atomic E-state index is -0.738. The molecule has 2 amide bonds. The van der Waals surface area contributed by atoms with Crippen molar-refractivity contribution in [3.63, 3.8) is 0 Å². The van der Waals surface area contributed by atoms with E-state index in [0.29, 0.717) is 29.9 Å². The molecule has 140 valence electrons. The molecule has 0 bridgehead atoms. The second-order valence-corrected chi connectivity index (χ2v) is 6.15. The number of hydrogen-bond donors (Lipinski definition) is 6. The van der Waals surface area contributed by atoms with Crippen LogP contribution >= 0.6 is 0 Å². The van der Waals surface area contributed by atoms with Crippen LogP contribution in [0.3, 0.4) is 0 Å². The van der Waals surface area contributed by atoms with Gasteiger partial charge in [0, 0.05) is 11.1 Å². The largest absolute Gasteiger partial charge is 0.366 e. The van der Waals surface area contributed by atoms with Crippen molar-refractivity contribution in [2.45, 2.75) is 11.8 Å². The monoisotopic (exact) mass is 367 g/mol. The van der Waals surface area contributed by atoms with E-state index in [1.165, 1.54) is 0 Å². The van der Waals surface area contributed by atoms with E-state index in [4.69, 9.17) is 17.2 Å². The lowest BCUT2D eigenvalue weighted by Crippen LogP contribution is -2.48. The fourth-order valence-electron chi connectivity index (χ4n) is 3.30. The number of benzene rings is 2. The molecule has 9 N–H and O–H groups in total. The number of nitrogens with one attached hydrogen (secondary N) is 3. The minimum Gasteiger partial charge on any atom is -0.366 e. The summed E-state index contributed by atoms with van der Waals surface area (Å²) in [5.74, 6) is -0.403. The third-order valence-electron chi connectivity index (χ3n) is 4.65. The van der Waals surface area contributed by atoms with E-state index in [9.17, 15) is 9.59 Å². The first-order valence-electron chi connectivity index (χ1n) is 8.34. The Morgan fingerprint density at radius 3 is 1.70 bits per heavy atom. The van der Waals surface area contributed by atoms with Crippen LogP contribution in [0.15, 0.2) is 53.6 Å². The number of nitrogens with two attached hydrogens (primary N) is 3. The average molecular weight is 367 g/mol. The van der Waals surface area contributed by atoms with Gasteiger partial charge in [0.15, 0.2) is 5.84 Å². The lowest BCUT2D eigenvalue weighted by atomic mass is 9.70. The molecule has 0 fully saturated rings. The molecule has 0 atom stereocenters. The summed E-state index contributed by atoms with van der Waals surface area (Å²) in [5, 5.41) is 4.30. The fraction of sp³-hybridized carbons (Fsp3) is 0.167. The van der Waals surface area contributed by atoms with Gasteiger partial charge in [-0.3, -0.25) is 15.0 Å². The Balaban J connectivity index is 2.18. The molecule has 1 heterocycles. The first kappa shape index (κ1) is 18.4. The van der Waals surface area contributed by atoms with Gasteiger partial charge >= 0.3 is 0 Å². The second kappa shape index (κ2) is 7.44. The quantitative estimate of drug-likeness (QED) is 0.385. The topological polar surface area (TPSA) is 161 Å². The predicted octanol–water partition coefficient (Wildman–Crippen LogP) is -0.555. The summed E-state index contributed by atoms with van der Waals surface area (Å²) in [6, 6.07) is 13.9. The summed E-state index contributed by atoms with van der Waals surface area (Å²) >= 11 is 0. The van der Waals surface area contributed by atoms with E-state index in [2.05, 4.69) is 21.6 Å². The molecule has 1 aliphatic rings. The van der Waals surface area contributed by atoms with E-state index >= 15 is 0 Å². The summed E-state index contributed by atoms with van der Waals surface area (Å²) in [7, 11) is 0. The maximum atomic E-state index is 11.4. The van der Waals surface area contributed by atoms with E-state index < -0.39 is 17.2 Å². The maximum Gasteiger partial charge on any atom is 0.248 e. The van der Waals surface area contributed by atoms with Crippen molar-refractivity contribution in [1.29, 1.82) is 0 Å². The van der Waals surface area contributed by atoms with Gasteiger partial charge in [-0.2, -0.15) is 0 Å². The third-order valence-corrected chi connectivity index (χ3v) is 4.65. The van der Waals surface area contributed by atoms with Crippen molar-refractivity contribution in [2.24, 2.45) is 22.3 Å². The average Bonchev–Trinajstić information content (AvgIpc) is 3.21. The van der Waals surface area contributed by atoms with E-state index in [-0.39, 0.29) is 0 Å². The molecule has 0 saturated carbocycles. The van der Waals surface area contributed by atoms with Crippen molar-refractivity contribution >= 4 is 17.6 Å². The highest BCUT2D eigenvalue weighted by Crippen LogP contribution is 2.37. The molecule has 0 radical (unpaired) electrons. The number of hydrazone groups is 1. The van der Waals surface area contributed by atoms with Gasteiger partial charge in [-0.05, 0) is 48.4 Å². The molecule has 2 aromatic carbocycles. The van der Waals surface area contributed by atoms with E-state index in [1.807, 2.05) is 24.3 Å². The lowest BCUT2D eigenvalue weighted by Gasteiger charge is -2.34. The zero-order valence-electron chi connectivity index (χ0n) is 14.5. The predicted molar refractivity (Wildman–Crippen MR) is 101 cm³/mol. The van der Waals surface area contributed by atoms with Crippen LogP contribution in [0.25, 0.3) is 0 Å². The van der Waals surface area contributed by atoms with Crippen molar-refractivity contribution in [3.05, 3.63) is 70.8 Å². The number of primary amides is 2. The van der Waals surface area contributed by atoms with Crippen LogP contribution in [0, 0.1) is 0 Å². The normalized spacial score (nSPS) is 13.4. The van der Waals surface area contributed by atoms with E-state index in [0.717, 1.165) is 11.1 Å². The summed E-state index contributed by atoms with van der Waals surface area (Å²) in [6.07, 6.45) is 0.522. The Bertz CT molecular complexity index is 818. The summed E-state index contributed by atoms with van der Waals surface area (Å²) < 4.78 is 0. The number of carbonyl (C=O) groups is 2. The van der Waals surface area contributed by atoms with Gasteiger partial charge in [0.2, 0.25) is 11.8 Å². The van der Waals surface area contributed by atoms with Crippen LogP contribution in [0.4, 0.5) is 0 Å². The van der Waals surface area contributed by atoms with Crippen LogP contribution in [0.5, 0.6) is 0 Å². The van der Waals surface area contributed by atoms with Gasteiger partial charge in [-0.25, -0.2) is 5.53 Å². The standard InChI is InChI=1S/C18H21N7O2/c19-10-9-18(17-22-24-25-23-17,13-5-1-11(2-6-13)15(20)26)14-7-3-12(4-8-14)16(21)27/h1-8,24-25H,9-10,19H2,(H2,20,26)(H2,21,27)(H,22,23). The molecule has 9 heteroatoms. The minimum absolute atomic E-state index is 0.371. The highest BCUT2D eigenvalue weighted by atomic mass is 16.1. The van der Waals surface area contributed by atoms with Gasteiger partial charge < -0.3 is 17.2 Å². The van der Waals surface area contributed by atoms with Crippen molar-refractivity contribution < 1.29 is 9.59 Å². The molecule has 2 aromatic rings. The van der Waals surface area contributed by atoms with Crippen LogP contribution in [0.2, 0.25) is 0 Å². The van der Waals surface area contributed by atoms with Gasteiger partial charge in [0.25, 0.3) is 0 Å². The van der Waals surface area contributed by atoms with Crippen molar-refractivity contribution in [3.8, 4) is 0 Å². The Labute approximate surface area is 155 Å². The summed E-state index contributed by atoms with van der Waals surface area (Å²) in [4.78, 5) is 22.8. The number of nitrogens with zero attached hydrogens (tertiary/aromatic N) is 1. The van der Waals surface area contributed by atoms with Crippen molar-refractivity contribution in [1.82, 2.24) is 16.5 Å². The van der Waals surface area contributed by atoms with Crippen LogP contribution in [-0.4, -0.2) is 24.2 Å². The lowest BCUT2D eigenvalue weighted by molar-refractivity contribution is 0.0992. The van der Waals surface area contributed by atoms with Gasteiger partial charge in [-0.15, -0.1) is 10.6 Å². The second-order valence-electron chi connectivity index (χ2n) is 6.15. The number of carbonyl (C=O) groups excluding carboxylic acids is 2. The Hall–Kier alpha value is -3.43. The zero-order chi connectivity index (χ0) is 19.4. The molecule has 0 aromatic heterocycles. The van der Waals surface area contributed by atoms with Crippen LogP contribution in [0.1, 0.15) is 38.3 Å². The Kier molecular flexibility index (Phi) is 5.06. The SMILES string of the molecule is NCCC(C1=NNNN1)(c1ccc(C(N)=O)cc1)c1ccc(C(N)=O)cc1. The number of rotatable bonds is 7. The first-order chi connectivity index (χ1) is 13.0. The highest BCUT2D eigenvalue weighted by molar-refractivity contribution is 5.98. The molecule has 0 spiro atoms. The third kappa shape index (κ3) is 3.33. The first-order valence-corrected chi connectivity index (χ1v) is 8.34. The van der Waals surface area contributed by atoms with Crippen LogP contribution < -0.4 is 33.7 Å². The van der Waals surface area contributed by atoms with Gasteiger partial charge in [0.05, 0.1) is 5.41 Å². The molecule has 3 rings (SSSR count). The molecule has 27 heavy (non-hydrogen) atoms. The molecule has 0 saturated heterocycles. The molecule has 0 unspecified atom stereocenters. The smallest absolute Gasteiger partial charge is 0.248 e. The fourth-order valence-corrected chi connectivity index (χ4v) is 3.30. The van der Waals surface area contributed by atoms with Gasteiger partial charge in [0.1, 0.15) is 0 Å². The molecular weight excluding hydrogens is 346 g/mol. The number of amidine groups is 1. The van der Waals surface area contributed by atoms with Crippen LogP contribution in [-0.2, 0) is 5.41 Å². The molecular formula is C18H21N7O2. The molecule has 1 aliphatic heterocycles. The number of amides is 2. The Morgan fingerprint density at radius 1 is 0.889 bits per heavy atom. The summed E-state index contributed by atoms with van der Waals surface area (Å²) in [6.45, 7) is 0.371. The maximum absolute atomic E-state index is 11.4. The van der Waals surface area contributed by atoms with E-state index in [1.54, 1.807) is 24.3 Å². The molecule has 9 nitrogen and oxygen atoms in total. The van der Waals surface area contributed by atoms with Crippen molar-refractivity contribution in [2.75, 3.05) is 6.54 Å². The highest BCUT2D eigenvalue weighted by Gasteiger charge is 2.41. The Morgan fingerprint density at radius 2 is 1.37 bits per heavy atom. The van der Waals surface area contributed by atoms with Gasteiger partial charge in [-0.1, -0.05) is 24.3 Å². The number of hydrazine groups is 2. The zero-order valence-corrected chi connectivity index (χ0v) is 14.5. The molecule has 0 aliphatic carbocycles. The number of hydrogen-bond acceptors (Lipinski definition) is 7.